The van der Waals surface area contributed by atoms with Crippen LogP contribution in [-0.2, 0) is 9.53 Å². The molecule has 0 aromatic heterocycles. The standard InChI is InChI=1S/C17H22N2O5/c1-5-8-24-16(20)14-10(2)18-17(21)19-15(14)12-9-11(22-3)6-7-13(12)23-4/h6-7,9,14-15H,5,8H2,1-4H3,(H,19,21). The van der Waals surface area contributed by atoms with Gasteiger partial charge in [-0.1, -0.05) is 6.92 Å². The highest BCUT2D eigenvalue weighted by Gasteiger charge is 2.39. The summed E-state index contributed by atoms with van der Waals surface area (Å²) in [5.74, 6) is 0.00760. The van der Waals surface area contributed by atoms with Crippen molar-refractivity contribution in [3.8, 4) is 11.5 Å². The van der Waals surface area contributed by atoms with Gasteiger partial charge in [-0.2, -0.15) is 0 Å². The first kappa shape index (κ1) is 17.8. The van der Waals surface area contributed by atoms with E-state index >= 15 is 0 Å². The number of amides is 2. The molecule has 0 bridgehead atoms. The normalized spacial score (nSPS) is 20.0. The van der Waals surface area contributed by atoms with Crippen molar-refractivity contribution in [2.24, 2.45) is 10.9 Å². The smallest absolute Gasteiger partial charge is 0.341 e. The Kier molecular flexibility index (Phi) is 5.78. The van der Waals surface area contributed by atoms with Crippen LogP contribution in [0.5, 0.6) is 11.5 Å². The fraction of sp³-hybridized carbons (Fsp3) is 0.471. The Hall–Kier alpha value is -2.57. The molecule has 0 saturated heterocycles. The van der Waals surface area contributed by atoms with Crippen molar-refractivity contribution < 1.29 is 23.8 Å². The predicted octanol–water partition coefficient (Wildman–Crippen LogP) is 2.50. The number of nitrogens with one attached hydrogen (secondary N) is 1. The fourth-order valence-electron chi connectivity index (χ4n) is 2.66. The lowest BCUT2D eigenvalue weighted by atomic mass is 9.87. The van der Waals surface area contributed by atoms with Crippen LogP contribution in [0.25, 0.3) is 0 Å². The molecule has 1 N–H and O–H groups in total. The molecule has 2 amide bonds. The predicted molar refractivity (Wildman–Crippen MR) is 88.7 cm³/mol. The molecule has 2 atom stereocenters. The highest BCUT2D eigenvalue weighted by molar-refractivity contribution is 6.08. The largest absolute Gasteiger partial charge is 0.497 e. The molecule has 0 spiro atoms. The van der Waals surface area contributed by atoms with E-state index in [1.807, 2.05) is 6.92 Å². The quantitative estimate of drug-likeness (QED) is 0.808. The molecular formula is C17H22N2O5. The van der Waals surface area contributed by atoms with E-state index in [1.54, 1.807) is 32.2 Å². The van der Waals surface area contributed by atoms with Crippen LogP contribution in [0, 0.1) is 5.92 Å². The van der Waals surface area contributed by atoms with Gasteiger partial charge in [-0.3, -0.25) is 4.79 Å². The Labute approximate surface area is 141 Å². The maximum absolute atomic E-state index is 12.5. The van der Waals surface area contributed by atoms with Crippen molar-refractivity contribution in [2.45, 2.75) is 26.3 Å². The van der Waals surface area contributed by atoms with Gasteiger partial charge in [0.25, 0.3) is 0 Å². The Morgan fingerprint density at radius 2 is 2.04 bits per heavy atom. The van der Waals surface area contributed by atoms with E-state index in [9.17, 15) is 9.59 Å². The summed E-state index contributed by atoms with van der Waals surface area (Å²) in [5, 5.41) is 2.73. The number of carbonyl (C=O) groups is 2. The number of rotatable bonds is 6. The van der Waals surface area contributed by atoms with E-state index < -0.39 is 24.0 Å². The monoisotopic (exact) mass is 334 g/mol. The van der Waals surface area contributed by atoms with Gasteiger partial charge in [0.2, 0.25) is 0 Å². The maximum Gasteiger partial charge on any atom is 0.341 e. The lowest BCUT2D eigenvalue weighted by Crippen LogP contribution is -2.44. The van der Waals surface area contributed by atoms with Gasteiger partial charge in [0.15, 0.2) is 0 Å². The number of nitrogens with zero attached hydrogens (tertiary/aromatic N) is 1. The molecule has 1 aliphatic heterocycles. The van der Waals surface area contributed by atoms with E-state index in [2.05, 4.69) is 10.3 Å². The number of hydrogen-bond donors (Lipinski definition) is 1. The third-order valence-electron chi connectivity index (χ3n) is 3.81. The Morgan fingerprint density at radius 1 is 1.29 bits per heavy atom. The van der Waals surface area contributed by atoms with Crippen molar-refractivity contribution >= 4 is 17.7 Å². The van der Waals surface area contributed by atoms with Gasteiger partial charge < -0.3 is 19.5 Å². The van der Waals surface area contributed by atoms with E-state index in [0.29, 0.717) is 35.8 Å². The molecule has 2 rings (SSSR count). The van der Waals surface area contributed by atoms with Crippen molar-refractivity contribution in [3.63, 3.8) is 0 Å². The van der Waals surface area contributed by atoms with E-state index in [-0.39, 0.29) is 0 Å². The summed E-state index contributed by atoms with van der Waals surface area (Å²) in [7, 11) is 3.08. The second kappa shape index (κ2) is 7.81. The molecule has 1 heterocycles. The molecule has 130 valence electrons. The lowest BCUT2D eigenvalue weighted by Gasteiger charge is -2.30. The molecule has 2 unspecified atom stereocenters. The summed E-state index contributed by atoms with van der Waals surface area (Å²) >= 11 is 0. The van der Waals surface area contributed by atoms with Crippen LogP contribution in [0.3, 0.4) is 0 Å². The minimum atomic E-state index is -0.713. The molecule has 1 aliphatic rings. The summed E-state index contributed by atoms with van der Waals surface area (Å²) in [4.78, 5) is 28.2. The Bertz CT molecular complexity index is 656. The van der Waals surface area contributed by atoms with E-state index in [1.165, 1.54) is 7.11 Å². The minimum Gasteiger partial charge on any atom is -0.497 e. The first-order chi connectivity index (χ1) is 11.5. The molecular weight excluding hydrogens is 312 g/mol. The van der Waals surface area contributed by atoms with Crippen molar-refractivity contribution in [1.29, 1.82) is 0 Å². The first-order valence-electron chi connectivity index (χ1n) is 7.76. The van der Waals surface area contributed by atoms with Gasteiger partial charge in [-0.25, -0.2) is 9.79 Å². The average molecular weight is 334 g/mol. The third-order valence-corrected chi connectivity index (χ3v) is 3.81. The summed E-state index contributed by atoms with van der Waals surface area (Å²) in [6.07, 6.45) is 0.716. The molecule has 7 heteroatoms. The number of ether oxygens (including phenoxy) is 3. The summed E-state index contributed by atoms with van der Waals surface area (Å²) in [6, 6.07) is 4.09. The van der Waals surface area contributed by atoms with Crippen molar-refractivity contribution in [1.82, 2.24) is 5.32 Å². The second-order valence-electron chi connectivity index (χ2n) is 5.43. The van der Waals surface area contributed by atoms with Gasteiger partial charge in [-0.05, 0) is 31.5 Å². The highest BCUT2D eigenvalue weighted by atomic mass is 16.5. The van der Waals surface area contributed by atoms with E-state index in [4.69, 9.17) is 14.2 Å². The zero-order valence-electron chi connectivity index (χ0n) is 14.3. The number of aliphatic imine (C=N–C) groups is 1. The number of methoxy groups -OCH3 is 2. The summed E-state index contributed by atoms with van der Waals surface area (Å²) in [6.45, 7) is 3.88. The highest BCUT2D eigenvalue weighted by Crippen LogP contribution is 2.36. The SMILES string of the molecule is CCCOC(=O)C1C(C)=NC(=O)NC1c1cc(OC)ccc1OC. The molecule has 24 heavy (non-hydrogen) atoms. The molecule has 7 nitrogen and oxygen atoms in total. The number of esters is 1. The molecule has 1 aromatic rings. The number of urea groups is 1. The zero-order valence-corrected chi connectivity index (χ0v) is 14.3. The second-order valence-corrected chi connectivity index (χ2v) is 5.43. The molecule has 0 saturated carbocycles. The van der Waals surface area contributed by atoms with Gasteiger partial charge in [0.05, 0.1) is 26.9 Å². The van der Waals surface area contributed by atoms with Crippen molar-refractivity contribution in [2.75, 3.05) is 20.8 Å². The van der Waals surface area contributed by atoms with Gasteiger partial charge in [0, 0.05) is 11.3 Å². The Morgan fingerprint density at radius 3 is 2.67 bits per heavy atom. The van der Waals surface area contributed by atoms with Crippen LogP contribution < -0.4 is 14.8 Å². The van der Waals surface area contributed by atoms with Crippen LogP contribution in [0.4, 0.5) is 4.79 Å². The zero-order chi connectivity index (χ0) is 17.7. The topological polar surface area (TPSA) is 86.2 Å². The maximum atomic E-state index is 12.5. The summed E-state index contributed by atoms with van der Waals surface area (Å²) < 4.78 is 15.9. The van der Waals surface area contributed by atoms with Crippen molar-refractivity contribution in [3.05, 3.63) is 23.8 Å². The minimum absolute atomic E-state index is 0.318. The number of hydrogen-bond acceptors (Lipinski definition) is 5. The molecule has 1 aromatic carbocycles. The number of carbonyl (C=O) groups excluding carboxylic acids is 2. The molecule has 0 aliphatic carbocycles. The van der Waals surface area contributed by atoms with Crippen LogP contribution >= 0.6 is 0 Å². The van der Waals surface area contributed by atoms with Gasteiger partial charge in [-0.15, -0.1) is 0 Å². The molecule has 0 fully saturated rings. The number of benzene rings is 1. The van der Waals surface area contributed by atoms with Gasteiger partial charge in [0.1, 0.15) is 17.4 Å². The first-order valence-corrected chi connectivity index (χ1v) is 7.76. The van der Waals surface area contributed by atoms with Crippen LogP contribution in [0.1, 0.15) is 31.9 Å². The fourth-order valence-corrected chi connectivity index (χ4v) is 2.66. The third kappa shape index (κ3) is 3.67. The average Bonchev–Trinajstić information content (AvgIpc) is 2.58. The van der Waals surface area contributed by atoms with Crippen LogP contribution in [0.15, 0.2) is 23.2 Å². The van der Waals surface area contributed by atoms with Crippen LogP contribution in [-0.4, -0.2) is 38.5 Å². The van der Waals surface area contributed by atoms with Gasteiger partial charge >= 0.3 is 12.0 Å². The Balaban J connectivity index is 2.46. The molecule has 0 radical (unpaired) electrons. The lowest BCUT2D eigenvalue weighted by molar-refractivity contribution is -0.147. The van der Waals surface area contributed by atoms with E-state index in [0.717, 1.165) is 0 Å². The summed E-state index contributed by atoms with van der Waals surface area (Å²) in [5.41, 5.74) is 1.05. The van der Waals surface area contributed by atoms with Crippen LogP contribution in [0.2, 0.25) is 0 Å².